The fraction of sp³-hybridized carbons (Fsp3) is 0.286. The predicted octanol–water partition coefficient (Wildman–Crippen LogP) is 2.93. The number of hydrogen-bond donors (Lipinski definition) is 0. The molecule has 1 aromatic heterocycles. The predicted molar refractivity (Wildman–Crippen MR) is 84.5 cm³/mol. The lowest BCUT2D eigenvalue weighted by molar-refractivity contribution is -0.127. The summed E-state index contributed by atoms with van der Waals surface area (Å²) >= 11 is 4.95. The number of imidazole rings is 1. The highest BCUT2D eigenvalue weighted by Gasteiger charge is 2.12. The van der Waals surface area contributed by atoms with Crippen molar-refractivity contribution in [1.29, 1.82) is 0 Å². The molecule has 2 rings (SSSR count). The van der Waals surface area contributed by atoms with Crippen molar-refractivity contribution in [2.45, 2.75) is 11.7 Å². The third kappa shape index (κ3) is 3.86. The molecule has 1 heterocycles. The maximum absolute atomic E-state index is 12.1. The Morgan fingerprint density at radius 1 is 1.45 bits per heavy atom. The summed E-state index contributed by atoms with van der Waals surface area (Å²) in [6, 6.07) is 7.93. The lowest BCUT2D eigenvalue weighted by Crippen LogP contribution is -2.28. The normalized spacial score (nSPS) is 10.6. The van der Waals surface area contributed by atoms with Crippen molar-refractivity contribution in [2.75, 3.05) is 12.8 Å². The molecular weight excluding hydrogens is 338 g/mol. The zero-order chi connectivity index (χ0) is 14.5. The largest absolute Gasteiger partial charge is 0.341 e. The van der Waals surface area contributed by atoms with E-state index in [-0.39, 0.29) is 5.91 Å². The minimum absolute atomic E-state index is 0.0914. The first-order valence-electron chi connectivity index (χ1n) is 6.15. The smallest absolute Gasteiger partial charge is 0.233 e. The lowest BCUT2D eigenvalue weighted by atomic mass is 10.2. The lowest BCUT2D eigenvalue weighted by Gasteiger charge is -2.17. The summed E-state index contributed by atoms with van der Waals surface area (Å²) < 4.78 is 2.93. The molecule has 0 aliphatic carbocycles. The van der Waals surface area contributed by atoms with Crippen LogP contribution in [0.4, 0.5) is 0 Å². The molecule has 0 N–H and O–H groups in total. The number of aromatic nitrogens is 2. The van der Waals surface area contributed by atoms with Gasteiger partial charge in [-0.2, -0.15) is 0 Å². The van der Waals surface area contributed by atoms with E-state index in [1.807, 2.05) is 49.1 Å². The Morgan fingerprint density at radius 3 is 2.85 bits per heavy atom. The molecule has 106 valence electrons. The molecule has 20 heavy (non-hydrogen) atoms. The molecule has 0 aliphatic heterocycles. The zero-order valence-electron chi connectivity index (χ0n) is 11.4. The number of thioether (sulfide) groups is 1. The van der Waals surface area contributed by atoms with Gasteiger partial charge in [-0.25, -0.2) is 4.98 Å². The summed E-state index contributed by atoms with van der Waals surface area (Å²) in [4.78, 5) is 18.0. The molecule has 0 saturated carbocycles. The topological polar surface area (TPSA) is 38.1 Å². The van der Waals surface area contributed by atoms with Crippen LogP contribution in [0.2, 0.25) is 0 Å². The third-order valence-corrected chi connectivity index (χ3v) is 4.71. The van der Waals surface area contributed by atoms with Crippen LogP contribution in [-0.2, 0) is 18.4 Å². The van der Waals surface area contributed by atoms with E-state index in [1.165, 1.54) is 11.8 Å². The van der Waals surface area contributed by atoms with Crippen molar-refractivity contribution in [3.8, 4) is 0 Å². The number of amides is 1. The van der Waals surface area contributed by atoms with E-state index in [0.717, 1.165) is 15.2 Å². The van der Waals surface area contributed by atoms with Gasteiger partial charge in [0.2, 0.25) is 5.91 Å². The van der Waals surface area contributed by atoms with Gasteiger partial charge < -0.3 is 9.47 Å². The van der Waals surface area contributed by atoms with Crippen LogP contribution in [-0.4, -0.2) is 33.2 Å². The molecule has 4 nitrogen and oxygen atoms in total. The van der Waals surface area contributed by atoms with E-state index in [2.05, 4.69) is 20.9 Å². The van der Waals surface area contributed by atoms with E-state index in [9.17, 15) is 4.79 Å². The standard InChI is InChI=1S/C14H16BrN3OS/c1-17-8-7-16-14(17)20-10-13(19)18(2)9-11-5-3-4-6-12(11)15/h3-8H,9-10H2,1-2H3. The molecule has 2 aromatic rings. The Bertz CT molecular complexity index is 600. The Hall–Kier alpha value is -1.27. The molecule has 0 radical (unpaired) electrons. The van der Waals surface area contributed by atoms with Gasteiger partial charge in [0.15, 0.2) is 5.16 Å². The summed E-state index contributed by atoms with van der Waals surface area (Å²) in [5.74, 6) is 0.486. The van der Waals surface area contributed by atoms with Crippen LogP contribution >= 0.6 is 27.7 Å². The highest BCUT2D eigenvalue weighted by molar-refractivity contribution is 9.10. The number of halogens is 1. The van der Waals surface area contributed by atoms with Gasteiger partial charge in [-0.15, -0.1) is 0 Å². The molecule has 0 unspecified atom stereocenters. The average Bonchev–Trinajstić information content (AvgIpc) is 2.84. The first-order chi connectivity index (χ1) is 9.58. The van der Waals surface area contributed by atoms with E-state index in [1.54, 1.807) is 11.1 Å². The van der Waals surface area contributed by atoms with Crippen molar-refractivity contribution in [3.63, 3.8) is 0 Å². The highest BCUT2D eigenvalue weighted by atomic mass is 79.9. The van der Waals surface area contributed by atoms with Crippen molar-refractivity contribution in [2.24, 2.45) is 7.05 Å². The Labute approximate surface area is 131 Å². The van der Waals surface area contributed by atoms with Crippen LogP contribution in [0, 0.1) is 0 Å². The average molecular weight is 354 g/mol. The number of rotatable bonds is 5. The Morgan fingerprint density at radius 2 is 2.20 bits per heavy atom. The maximum atomic E-state index is 12.1. The van der Waals surface area contributed by atoms with Gasteiger partial charge in [0, 0.05) is 37.5 Å². The molecule has 0 bridgehead atoms. The number of carbonyl (C=O) groups is 1. The summed E-state index contributed by atoms with van der Waals surface area (Å²) in [6.07, 6.45) is 3.61. The highest BCUT2D eigenvalue weighted by Crippen LogP contribution is 2.19. The van der Waals surface area contributed by atoms with Gasteiger partial charge in [-0.3, -0.25) is 4.79 Å². The summed E-state index contributed by atoms with van der Waals surface area (Å²) in [7, 11) is 3.74. The molecular formula is C14H16BrN3OS. The quantitative estimate of drug-likeness (QED) is 0.775. The Kier molecular flexibility index (Phi) is 5.25. The summed E-state index contributed by atoms with van der Waals surface area (Å²) in [5, 5.41) is 0.854. The molecule has 6 heteroatoms. The zero-order valence-corrected chi connectivity index (χ0v) is 13.8. The molecule has 1 amide bonds. The molecule has 0 spiro atoms. The van der Waals surface area contributed by atoms with Crippen LogP contribution < -0.4 is 0 Å². The van der Waals surface area contributed by atoms with E-state index >= 15 is 0 Å². The second kappa shape index (κ2) is 6.95. The van der Waals surface area contributed by atoms with Gasteiger partial charge in [0.05, 0.1) is 5.75 Å². The van der Waals surface area contributed by atoms with Crippen LogP contribution in [0.15, 0.2) is 46.3 Å². The second-order valence-corrected chi connectivity index (χ2v) is 6.25. The molecule has 0 saturated heterocycles. The SMILES string of the molecule is CN(Cc1ccccc1Br)C(=O)CSc1nccn1C. The van der Waals surface area contributed by atoms with Gasteiger partial charge in [-0.05, 0) is 11.6 Å². The number of hydrogen-bond acceptors (Lipinski definition) is 3. The molecule has 1 aromatic carbocycles. The van der Waals surface area contributed by atoms with Gasteiger partial charge in [0.1, 0.15) is 0 Å². The minimum atomic E-state index is 0.0914. The van der Waals surface area contributed by atoms with Crippen molar-refractivity contribution < 1.29 is 4.79 Å². The van der Waals surface area contributed by atoms with Crippen LogP contribution in [0.25, 0.3) is 0 Å². The fourth-order valence-corrected chi connectivity index (χ4v) is 2.98. The Balaban J connectivity index is 1.89. The first-order valence-corrected chi connectivity index (χ1v) is 7.93. The van der Waals surface area contributed by atoms with Crippen LogP contribution in [0.3, 0.4) is 0 Å². The van der Waals surface area contributed by atoms with Crippen molar-refractivity contribution in [3.05, 3.63) is 46.7 Å². The van der Waals surface area contributed by atoms with Gasteiger partial charge in [-0.1, -0.05) is 45.9 Å². The fourth-order valence-electron chi connectivity index (χ4n) is 1.70. The number of carbonyl (C=O) groups excluding carboxylic acids is 1. The number of nitrogens with zero attached hydrogens (tertiary/aromatic N) is 3. The minimum Gasteiger partial charge on any atom is -0.341 e. The van der Waals surface area contributed by atoms with Gasteiger partial charge >= 0.3 is 0 Å². The molecule has 0 atom stereocenters. The van der Waals surface area contributed by atoms with Crippen molar-refractivity contribution >= 4 is 33.6 Å². The number of benzene rings is 1. The second-order valence-electron chi connectivity index (χ2n) is 4.45. The summed E-state index contributed by atoms with van der Waals surface area (Å²) in [5.41, 5.74) is 1.10. The van der Waals surface area contributed by atoms with Crippen molar-refractivity contribution in [1.82, 2.24) is 14.5 Å². The monoisotopic (exact) mass is 353 g/mol. The molecule has 0 fully saturated rings. The van der Waals surface area contributed by atoms with E-state index in [4.69, 9.17) is 0 Å². The van der Waals surface area contributed by atoms with Gasteiger partial charge in [0.25, 0.3) is 0 Å². The summed E-state index contributed by atoms with van der Waals surface area (Å²) in [6.45, 7) is 0.599. The van der Waals surface area contributed by atoms with E-state index in [0.29, 0.717) is 12.3 Å². The third-order valence-electron chi connectivity index (χ3n) is 2.89. The molecule has 0 aliphatic rings. The maximum Gasteiger partial charge on any atom is 0.233 e. The van der Waals surface area contributed by atoms with Crippen LogP contribution in [0.5, 0.6) is 0 Å². The van der Waals surface area contributed by atoms with Crippen LogP contribution in [0.1, 0.15) is 5.56 Å². The number of aryl methyl sites for hydroxylation is 1. The van der Waals surface area contributed by atoms with E-state index < -0.39 is 0 Å². The first kappa shape index (κ1) is 15.1.